The number of alkyl halides is 1. The molecule has 0 heterocycles. The van der Waals surface area contributed by atoms with Crippen LogP contribution in [0, 0.1) is 0 Å². The Kier molecular flexibility index (Phi) is 13.1. The zero-order chi connectivity index (χ0) is 7.82. The number of hydrogen-bond acceptors (Lipinski definition) is 0. The van der Waals surface area contributed by atoms with Gasteiger partial charge in [-0.3, -0.25) is 0 Å². The number of rotatable bonds is 6. The molecule has 0 atom stereocenters. The molecule has 0 saturated carbocycles. The number of halogens is 1. The zero-order valence-electron chi connectivity index (χ0n) is 7.78. The predicted molar refractivity (Wildman–Crippen MR) is 54.4 cm³/mol. The lowest BCUT2D eigenvalue weighted by Gasteiger charge is -2.06. The van der Waals surface area contributed by atoms with Gasteiger partial charge in [-0.1, -0.05) is 39.5 Å². The summed E-state index contributed by atoms with van der Waals surface area (Å²) in [6, 6.07) is 0. The van der Waals surface area contributed by atoms with Gasteiger partial charge in [-0.2, -0.15) is 0 Å². The lowest BCUT2D eigenvalue weighted by atomic mass is 10.1. The highest BCUT2D eigenvalue weighted by molar-refractivity contribution is 6.20. The maximum absolute atomic E-state index is 6.04. The van der Waals surface area contributed by atoms with Gasteiger partial charge in [0.2, 0.25) is 0 Å². The van der Waals surface area contributed by atoms with Gasteiger partial charge in [0, 0.05) is 13.8 Å². The number of unbranched alkanes of at least 4 members (excludes halogenated alkanes) is 2. The molecule has 0 rings (SSSR count). The maximum atomic E-state index is 6.04. The van der Waals surface area contributed by atoms with Crippen molar-refractivity contribution in [3.8, 4) is 0 Å². The van der Waals surface area contributed by atoms with Gasteiger partial charge in [-0.25, -0.2) is 0 Å². The fourth-order valence-corrected chi connectivity index (χ4v) is 1.30. The molecule has 0 aliphatic heterocycles. The molecule has 0 fully saturated rings. The van der Waals surface area contributed by atoms with E-state index in [0.29, 0.717) is 5.38 Å². The normalized spacial score (nSPS) is 9.82. The highest BCUT2D eigenvalue weighted by atomic mass is 35.5. The average Bonchev–Trinajstić information content (AvgIpc) is 1.97. The summed E-state index contributed by atoms with van der Waals surface area (Å²) in [5.74, 6) is 0. The van der Waals surface area contributed by atoms with Gasteiger partial charge in [-0.05, 0) is 12.8 Å². The summed E-state index contributed by atoms with van der Waals surface area (Å²) in [6.07, 6.45) is 7.54. The first-order chi connectivity index (χ1) is 4.81. The van der Waals surface area contributed by atoms with Crippen LogP contribution in [0.25, 0.3) is 0 Å². The van der Waals surface area contributed by atoms with Crippen molar-refractivity contribution in [3.63, 3.8) is 0 Å². The molecule has 0 bridgehead atoms. The van der Waals surface area contributed by atoms with Crippen molar-refractivity contribution in [3.05, 3.63) is 0 Å². The minimum atomic E-state index is 0. The van der Waals surface area contributed by atoms with Crippen LogP contribution in [0.3, 0.4) is 0 Å². The molecule has 0 aliphatic carbocycles. The molecule has 0 unspecified atom stereocenters. The smallest absolute Gasteiger partial charge is 0.0336 e. The van der Waals surface area contributed by atoms with Gasteiger partial charge < -0.3 is 0 Å². The lowest BCUT2D eigenvalue weighted by Crippen LogP contribution is -1.97. The standard InChI is InChI=1S/C9H19Cl.B/c1-3-5-7-9(10)8-6-4-2;/h9H,3-8H2,1-2H3;. The van der Waals surface area contributed by atoms with E-state index >= 15 is 0 Å². The van der Waals surface area contributed by atoms with Crippen LogP contribution in [0.15, 0.2) is 0 Å². The zero-order valence-corrected chi connectivity index (χ0v) is 8.53. The molecule has 0 nitrogen and oxygen atoms in total. The summed E-state index contributed by atoms with van der Waals surface area (Å²) < 4.78 is 0. The van der Waals surface area contributed by atoms with E-state index in [1.165, 1.54) is 38.5 Å². The third-order valence-electron chi connectivity index (χ3n) is 1.74. The molecule has 2 heteroatoms. The molecule has 0 aromatic heterocycles. The first-order valence-corrected chi connectivity index (χ1v) is 4.89. The van der Waals surface area contributed by atoms with Crippen molar-refractivity contribution >= 4 is 20.0 Å². The van der Waals surface area contributed by atoms with Crippen molar-refractivity contribution in [2.24, 2.45) is 0 Å². The van der Waals surface area contributed by atoms with E-state index in [0.717, 1.165) is 0 Å². The molecule has 0 saturated heterocycles. The monoisotopic (exact) mass is 173 g/mol. The molecule has 11 heavy (non-hydrogen) atoms. The highest BCUT2D eigenvalue weighted by Gasteiger charge is 2.01. The maximum Gasteiger partial charge on any atom is 0.0336 e. The van der Waals surface area contributed by atoms with Gasteiger partial charge in [0.25, 0.3) is 0 Å². The van der Waals surface area contributed by atoms with Crippen LogP contribution in [0.5, 0.6) is 0 Å². The highest BCUT2D eigenvalue weighted by Crippen LogP contribution is 2.13. The molecule has 65 valence electrons. The Bertz CT molecular complexity index is 58.6. The van der Waals surface area contributed by atoms with Crippen molar-refractivity contribution < 1.29 is 0 Å². The van der Waals surface area contributed by atoms with E-state index in [9.17, 15) is 0 Å². The van der Waals surface area contributed by atoms with Gasteiger partial charge in [0.05, 0.1) is 0 Å². The fourth-order valence-electron chi connectivity index (χ4n) is 0.996. The molecule has 0 aliphatic rings. The SMILES string of the molecule is CCCCC(Cl)CCCC.[B]. The minimum Gasteiger partial charge on any atom is -0.123 e. The Hall–Kier alpha value is 0.355. The van der Waals surface area contributed by atoms with Crippen molar-refractivity contribution in [1.29, 1.82) is 0 Å². The molecular formula is C9H19BCl. The van der Waals surface area contributed by atoms with E-state index in [4.69, 9.17) is 11.6 Å². The predicted octanol–water partition coefficient (Wildman–Crippen LogP) is 3.59. The third-order valence-corrected chi connectivity index (χ3v) is 2.18. The Morgan fingerprint density at radius 1 is 1.00 bits per heavy atom. The van der Waals surface area contributed by atoms with Crippen LogP contribution >= 0.6 is 11.6 Å². The Morgan fingerprint density at radius 2 is 1.36 bits per heavy atom. The Balaban J connectivity index is 0. The van der Waals surface area contributed by atoms with Crippen LogP contribution < -0.4 is 0 Å². The van der Waals surface area contributed by atoms with Crippen molar-refractivity contribution in [1.82, 2.24) is 0 Å². The first kappa shape index (κ1) is 13.9. The van der Waals surface area contributed by atoms with Gasteiger partial charge >= 0.3 is 0 Å². The molecule has 3 radical (unpaired) electrons. The van der Waals surface area contributed by atoms with E-state index in [-0.39, 0.29) is 8.41 Å². The summed E-state index contributed by atoms with van der Waals surface area (Å²) in [5.41, 5.74) is 0. The number of hydrogen-bond donors (Lipinski definition) is 0. The fraction of sp³-hybridized carbons (Fsp3) is 1.00. The van der Waals surface area contributed by atoms with Crippen molar-refractivity contribution in [2.45, 2.75) is 57.7 Å². The van der Waals surface area contributed by atoms with E-state index in [1.807, 2.05) is 0 Å². The second-order valence-electron chi connectivity index (χ2n) is 2.88. The molecule has 0 aromatic carbocycles. The lowest BCUT2D eigenvalue weighted by molar-refractivity contribution is 0.609. The topological polar surface area (TPSA) is 0 Å². The first-order valence-electron chi connectivity index (χ1n) is 4.45. The summed E-state index contributed by atoms with van der Waals surface area (Å²) in [4.78, 5) is 0. The molecule has 0 N–H and O–H groups in total. The van der Waals surface area contributed by atoms with E-state index < -0.39 is 0 Å². The summed E-state index contributed by atoms with van der Waals surface area (Å²) >= 11 is 6.04. The quantitative estimate of drug-likeness (QED) is 0.425. The summed E-state index contributed by atoms with van der Waals surface area (Å²) in [6.45, 7) is 4.42. The summed E-state index contributed by atoms with van der Waals surface area (Å²) in [7, 11) is 0. The minimum absolute atomic E-state index is 0. The van der Waals surface area contributed by atoms with Crippen LogP contribution in [0.4, 0.5) is 0 Å². The molecule has 0 amide bonds. The van der Waals surface area contributed by atoms with Crippen molar-refractivity contribution in [2.75, 3.05) is 0 Å². The second kappa shape index (κ2) is 10.4. The van der Waals surface area contributed by atoms with Crippen LogP contribution in [-0.2, 0) is 0 Å². The molecular weight excluding hydrogens is 154 g/mol. The van der Waals surface area contributed by atoms with Gasteiger partial charge in [-0.15, -0.1) is 11.6 Å². The van der Waals surface area contributed by atoms with E-state index in [2.05, 4.69) is 13.8 Å². The van der Waals surface area contributed by atoms with Crippen LogP contribution in [0.2, 0.25) is 0 Å². The average molecular weight is 174 g/mol. The van der Waals surface area contributed by atoms with Crippen LogP contribution in [0.1, 0.15) is 52.4 Å². The van der Waals surface area contributed by atoms with Gasteiger partial charge in [0.1, 0.15) is 0 Å². The van der Waals surface area contributed by atoms with Crippen LogP contribution in [-0.4, -0.2) is 13.8 Å². The Morgan fingerprint density at radius 3 is 1.64 bits per heavy atom. The second-order valence-corrected chi connectivity index (χ2v) is 3.50. The largest absolute Gasteiger partial charge is 0.123 e. The van der Waals surface area contributed by atoms with Gasteiger partial charge in [0.15, 0.2) is 0 Å². The summed E-state index contributed by atoms with van der Waals surface area (Å²) in [5, 5.41) is 0.444. The molecule has 0 spiro atoms. The third kappa shape index (κ3) is 10.4. The van der Waals surface area contributed by atoms with E-state index in [1.54, 1.807) is 0 Å². The Labute approximate surface area is 78.3 Å². The molecule has 0 aromatic rings.